The summed E-state index contributed by atoms with van der Waals surface area (Å²) in [7, 11) is 0. The van der Waals surface area contributed by atoms with E-state index in [0.717, 1.165) is 0 Å². The fourth-order valence-electron chi connectivity index (χ4n) is 1.43. The summed E-state index contributed by atoms with van der Waals surface area (Å²) in [6.07, 6.45) is 0. The van der Waals surface area contributed by atoms with E-state index in [4.69, 9.17) is 5.26 Å². The van der Waals surface area contributed by atoms with Gasteiger partial charge in [0.05, 0.1) is 5.56 Å². The van der Waals surface area contributed by atoms with Gasteiger partial charge in [0.1, 0.15) is 28.1 Å². The number of aryl methyl sites for hydroxylation is 1. The summed E-state index contributed by atoms with van der Waals surface area (Å²) in [6.45, 7) is 1.77. The number of halogens is 2. The molecule has 2 rings (SSSR count). The quantitative estimate of drug-likeness (QED) is 0.865. The van der Waals surface area contributed by atoms with Gasteiger partial charge in [-0.25, -0.2) is 14.4 Å². The van der Waals surface area contributed by atoms with E-state index in [-0.39, 0.29) is 5.56 Å². The summed E-state index contributed by atoms with van der Waals surface area (Å²) in [6, 6.07) is 7.70. The molecule has 1 aromatic carbocycles. The second kappa shape index (κ2) is 5.10. The maximum absolute atomic E-state index is 13.2. The van der Waals surface area contributed by atoms with Crippen LogP contribution in [0.25, 0.3) is 0 Å². The predicted molar refractivity (Wildman–Crippen MR) is 68.9 cm³/mol. The van der Waals surface area contributed by atoms with Gasteiger partial charge in [0, 0.05) is 11.8 Å². The number of benzene rings is 1. The lowest BCUT2D eigenvalue weighted by atomic mass is 10.2. The summed E-state index contributed by atoms with van der Waals surface area (Å²) >= 11 is 3.26. The molecule has 0 bridgehead atoms. The topological polar surface area (TPSA) is 61.6 Å². The monoisotopic (exact) mass is 306 g/mol. The summed E-state index contributed by atoms with van der Waals surface area (Å²) in [5.41, 5.74) is 0.586. The molecular formula is C12H8BrFN4. The molecule has 0 unspecified atom stereocenters. The van der Waals surface area contributed by atoms with Crippen molar-refractivity contribution in [2.24, 2.45) is 0 Å². The van der Waals surface area contributed by atoms with E-state index < -0.39 is 5.82 Å². The zero-order chi connectivity index (χ0) is 13.1. The molecule has 18 heavy (non-hydrogen) atoms. The minimum Gasteiger partial charge on any atom is -0.340 e. The Morgan fingerprint density at radius 1 is 1.33 bits per heavy atom. The zero-order valence-electron chi connectivity index (χ0n) is 9.41. The molecule has 90 valence electrons. The molecule has 0 aliphatic heterocycles. The number of nitrogens with zero attached hydrogens (tertiary/aromatic N) is 3. The van der Waals surface area contributed by atoms with Crippen molar-refractivity contribution in [2.75, 3.05) is 5.32 Å². The van der Waals surface area contributed by atoms with Crippen LogP contribution in [0.1, 0.15) is 11.4 Å². The predicted octanol–water partition coefficient (Wildman–Crippen LogP) is 3.30. The number of nitriles is 1. The third-order valence-corrected chi connectivity index (χ3v) is 2.57. The Balaban J connectivity index is 2.31. The highest BCUT2D eigenvalue weighted by Crippen LogP contribution is 2.20. The molecule has 0 aliphatic rings. The molecule has 6 heteroatoms. The van der Waals surface area contributed by atoms with Gasteiger partial charge in [-0.1, -0.05) is 0 Å². The summed E-state index contributed by atoms with van der Waals surface area (Å²) in [4.78, 5) is 8.26. The van der Waals surface area contributed by atoms with Crippen LogP contribution < -0.4 is 5.32 Å². The Labute approximate surface area is 112 Å². The van der Waals surface area contributed by atoms with Gasteiger partial charge in [0.25, 0.3) is 0 Å². The smallest absolute Gasteiger partial charge is 0.141 e. The van der Waals surface area contributed by atoms with Crippen LogP contribution in [0.15, 0.2) is 28.9 Å². The summed E-state index contributed by atoms with van der Waals surface area (Å²) < 4.78 is 13.8. The van der Waals surface area contributed by atoms with Gasteiger partial charge in [-0.15, -0.1) is 0 Å². The van der Waals surface area contributed by atoms with E-state index in [9.17, 15) is 4.39 Å². The van der Waals surface area contributed by atoms with Crippen LogP contribution in [0.4, 0.5) is 15.9 Å². The second-order valence-electron chi connectivity index (χ2n) is 3.55. The molecule has 0 radical (unpaired) electrons. The van der Waals surface area contributed by atoms with Crippen molar-refractivity contribution in [3.8, 4) is 6.07 Å². The van der Waals surface area contributed by atoms with Gasteiger partial charge >= 0.3 is 0 Å². The second-order valence-corrected chi connectivity index (χ2v) is 4.37. The first kappa shape index (κ1) is 12.5. The Bertz CT molecular complexity index is 616. The third kappa shape index (κ3) is 2.81. The van der Waals surface area contributed by atoms with E-state index in [1.165, 1.54) is 12.1 Å². The first-order chi connectivity index (χ1) is 8.58. The van der Waals surface area contributed by atoms with Crippen LogP contribution in [-0.2, 0) is 0 Å². The molecule has 0 fully saturated rings. The Morgan fingerprint density at radius 3 is 2.78 bits per heavy atom. The minimum absolute atomic E-state index is 0.00940. The number of hydrogen-bond donors (Lipinski definition) is 1. The lowest BCUT2D eigenvalue weighted by molar-refractivity contribution is 0.624. The van der Waals surface area contributed by atoms with Crippen LogP contribution in [0.2, 0.25) is 0 Å². The SMILES string of the molecule is Cc1nc(Br)cc(Nc2ccc(F)c(C#N)c2)n1. The Kier molecular flexibility index (Phi) is 3.53. The number of hydrogen-bond acceptors (Lipinski definition) is 4. The molecule has 2 aromatic rings. The Hall–Kier alpha value is -2.00. The van der Waals surface area contributed by atoms with E-state index in [0.29, 0.717) is 21.9 Å². The fraction of sp³-hybridized carbons (Fsp3) is 0.0833. The van der Waals surface area contributed by atoms with Gasteiger partial charge in [0.2, 0.25) is 0 Å². The van der Waals surface area contributed by atoms with Crippen molar-refractivity contribution in [3.63, 3.8) is 0 Å². The molecular weight excluding hydrogens is 299 g/mol. The molecule has 0 saturated carbocycles. The summed E-state index contributed by atoms with van der Waals surface area (Å²) in [5.74, 6) is 0.641. The number of aromatic nitrogens is 2. The largest absolute Gasteiger partial charge is 0.340 e. The van der Waals surface area contributed by atoms with Crippen LogP contribution in [0.3, 0.4) is 0 Å². The van der Waals surface area contributed by atoms with Crippen molar-refractivity contribution in [3.05, 3.63) is 46.1 Å². The highest BCUT2D eigenvalue weighted by atomic mass is 79.9. The highest BCUT2D eigenvalue weighted by molar-refractivity contribution is 9.10. The number of anilines is 2. The molecule has 1 N–H and O–H groups in total. The maximum atomic E-state index is 13.2. The molecule has 4 nitrogen and oxygen atoms in total. The van der Waals surface area contributed by atoms with Gasteiger partial charge in [-0.3, -0.25) is 0 Å². The van der Waals surface area contributed by atoms with Gasteiger partial charge in [0.15, 0.2) is 0 Å². The van der Waals surface area contributed by atoms with Gasteiger partial charge in [-0.05, 0) is 41.1 Å². The van der Waals surface area contributed by atoms with E-state index in [1.54, 1.807) is 25.1 Å². The average Bonchev–Trinajstić information content (AvgIpc) is 2.30. The molecule has 1 heterocycles. The zero-order valence-corrected chi connectivity index (χ0v) is 11.0. The fourth-order valence-corrected chi connectivity index (χ4v) is 1.91. The van der Waals surface area contributed by atoms with Gasteiger partial charge in [-0.2, -0.15) is 5.26 Å². The van der Waals surface area contributed by atoms with Crippen molar-refractivity contribution >= 4 is 27.4 Å². The number of nitrogens with one attached hydrogen (secondary N) is 1. The molecule has 1 aromatic heterocycles. The number of rotatable bonds is 2. The van der Waals surface area contributed by atoms with Crippen molar-refractivity contribution in [1.29, 1.82) is 5.26 Å². The van der Waals surface area contributed by atoms with Crippen LogP contribution >= 0.6 is 15.9 Å². The molecule has 0 saturated heterocycles. The van der Waals surface area contributed by atoms with Crippen molar-refractivity contribution < 1.29 is 4.39 Å². The third-order valence-electron chi connectivity index (χ3n) is 2.17. The Morgan fingerprint density at radius 2 is 2.11 bits per heavy atom. The minimum atomic E-state index is -0.539. The van der Waals surface area contributed by atoms with Crippen LogP contribution in [0.5, 0.6) is 0 Å². The molecule has 0 aliphatic carbocycles. The highest BCUT2D eigenvalue weighted by Gasteiger charge is 2.04. The van der Waals surface area contributed by atoms with Gasteiger partial charge < -0.3 is 5.32 Å². The van der Waals surface area contributed by atoms with Crippen LogP contribution in [-0.4, -0.2) is 9.97 Å². The first-order valence-electron chi connectivity index (χ1n) is 5.06. The molecule has 0 atom stereocenters. The van der Waals surface area contributed by atoms with E-state index in [1.807, 2.05) is 0 Å². The lowest BCUT2D eigenvalue weighted by Gasteiger charge is -2.07. The summed E-state index contributed by atoms with van der Waals surface area (Å²) in [5, 5.41) is 11.7. The van der Waals surface area contributed by atoms with E-state index in [2.05, 4.69) is 31.2 Å². The lowest BCUT2D eigenvalue weighted by Crippen LogP contribution is -1.98. The normalized spacial score (nSPS) is 9.89. The molecule has 0 amide bonds. The first-order valence-corrected chi connectivity index (χ1v) is 5.85. The maximum Gasteiger partial charge on any atom is 0.141 e. The van der Waals surface area contributed by atoms with Crippen molar-refractivity contribution in [2.45, 2.75) is 6.92 Å². The average molecular weight is 307 g/mol. The van der Waals surface area contributed by atoms with Crippen LogP contribution in [0, 0.1) is 24.1 Å². The molecule has 0 spiro atoms. The standard InChI is InChI=1S/C12H8BrFN4/c1-7-16-11(13)5-12(17-7)18-9-2-3-10(14)8(4-9)6-15/h2-5H,1H3,(H,16,17,18). The van der Waals surface area contributed by atoms with E-state index >= 15 is 0 Å². The van der Waals surface area contributed by atoms with Crippen molar-refractivity contribution in [1.82, 2.24) is 9.97 Å².